The second-order valence-corrected chi connectivity index (χ2v) is 5.34. The molecule has 1 aromatic rings. The van der Waals surface area contributed by atoms with Crippen LogP contribution in [0.1, 0.15) is 55.7 Å². The molecule has 0 amide bonds. The summed E-state index contributed by atoms with van der Waals surface area (Å²) in [6.45, 7) is 1.99. The van der Waals surface area contributed by atoms with Gasteiger partial charge in [-0.3, -0.25) is 0 Å². The fraction of sp³-hybridized carbons (Fsp3) is 0.714. The molecule has 0 aromatic carbocycles. The van der Waals surface area contributed by atoms with Crippen LogP contribution in [0, 0.1) is 6.92 Å². The third-order valence-electron chi connectivity index (χ3n) is 3.75. The first-order valence-corrected chi connectivity index (χ1v) is 7.20. The molecule has 0 N–H and O–H groups in total. The predicted octanol–water partition coefficient (Wildman–Crippen LogP) is 3.72. The number of halogens is 1. The third kappa shape index (κ3) is 2.83. The second-order valence-electron chi connectivity index (χ2n) is 5.07. The molecule has 1 saturated carbocycles. The number of aromatic nitrogens is 2. The summed E-state index contributed by atoms with van der Waals surface area (Å²) in [5, 5.41) is 0. The standard InChI is InChI=1S/C14H21ClN2O/c1-11-9-12(10-15)17-13(16-11)14(18-2)7-5-3-4-6-8-14/h9H,3-8,10H2,1-2H3. The van der Waals surface area contributed by atoms with Crippen molar-refractivity contribution >= 4 is 11.6 Å². The van der Waals surface area contributed by atoms with Gasteiger partial charge in [0.2, 0.25) is 0 Å². The van der Waals surface area contributed by atoms with Crippen molar-refractivity contribution < 1.29 is 4.74 Å². The minimum atomic E-state index is -0.302. The van der Waals surface area contributed by atoms with E-state index in [1.54, 1.807) is 7.11 Å². The lowest BCUT2D eigenvalue weighted by Crippen LogP contribution is -2.31. The Bertz CT molecular complexity index is 401. The summed E-state index contributed by atoms with van der Waals surface area (Å²) < 4.78 is 5.83. The van der Waals surface area contributed by atoms with Crippen LogP contribution >= 0.6 is 11.6 Å². The maximum Gasteiger partial charge on any atom is 0.160 e. The Hall–Kier alpha value is -0.670. The monoisotopic (exact) mass is 268 g/mol. The minimum absolute atomic E-state index is 0.302. The molecule has 1 aliphatic carbocycles. The van der Waals surface area contributed by atoms with Gasteiger partial charge in [0, 0.05) is 12.8 Å². The van der Waals surface area contributed by atoms with Gasteiger partial charge in [-0.25, -0.2) is 9.97 Å². The summed E-state index contributed by atoms with van der Waals surface area (Å²) in [5.41, 5.74) is 1.56. The summed E-state index contributed by atoms with van der Waals surface area (Å²) in [6, 6.07) is 1.94. The third-order valence-corrected chi connectivity index (χ3v) is 4.03. The van der Waals surface area contributed by atoms with Gasteiger partial charge < -0.3 is 4.74 Å². The molecule has 0 radical (unpaired) electrons. The Kier molecular flexibility index (Phi) is 4.57. The molecule has 2 rings (SSSR count). The van der Waals surface area contributed by atoms with Crippen molar-refractivity contribution in [1.29, 1.82) is 0 Å². The second kappa shape index (κ2) is 5.98. The summed E-state index contributed by atoms with van der Waals surface area (Å²) >= 11 is 5.90. The van der Waals surface area contributed by atoms with E-state index >= 15 is 0 Å². The smallest absolute Gasteiger partial charge is 0.160 e. The molecule has 1 aliphatic rings. The maximum absolute atomic E-state index is 5.90. The van der Waals surface area contributed by atoms with Gasteiger partial charge in [0.1, 0.15) is 5.60 Å². The lowest BCUT2D eigenvalue weighted by Gasteiger charge is -2.30. The van der Waals surface area contributed by atoms with Gasteiger partial charge in [0.15, 0.2) is 5.82 Å². The van der Waals surface area contributed by atoms with Crippen molar-refractivity contribution in [2.45, 2.75) is 56.9 Å². The Labute approximate surface area is 114 Å². The van der Waals surface area contributed by atoms with Crippen LogP contribution in [-0.4, -0.2) is 17.1 Å². The number of ether oxygens (including phenoxy) is 1. The lowest BCUT2D eigenvalue weighted by molar-refractivity contribution is -0.0354. The Morgan fingerprint density at radius 2 is 1.89 bits per heavy atom. The van der Waals surface area contributed by atoms with E-state index in [1.807, 2.05) is 13.0 Å². The van der Waals surface area contributed by atoms with Gasteiger partial charge >= 0.3 is 0 Å². The highest BCUT2D eigenvalue weighted by Gasteiger charge is 2.35. The topological polar surface area (TPSA) is 35.0 Å². The maximum atomic E-state index is 5.90. The molecule has 0 unspecified atom stereocenters. The molecule has 4 heteroatoms. The Balaban J connectivity index is 2.38. The van der Waals surface area contributed by atoms with Crippen molar-refractivity contribution in [1.82, 2.24) is 9.97 Å². The van der Waals surface area contributed by atoms with Gasteiger partial charge in [-0.1, -0.05) is 25.7 Å². The SMILES string of the molecule is COC1(c2nc(C)cc(CCl)n2)CCCCCC1. The molecule has 0 spiro atoms. The largest absolute Gasteiger partial charge is 0.370 e. The number of alkyl halides is 1. The van der Waals surface area contributed by atoms with Crippen LogP contribution in [0.5, 0.6) is 0 Å². The summed E-state index contributed by atoms with van der Waals surface area (Å²) in [4.78, 5) is 9.19. The molecule has 0 aliphatic heterocycles. The van der Waals surface area contributed by atoms with Gasteiger partial charge in [0.05, 0.1) is 11.6 Å². The molecule has 100 valence electrons. The molecule has 1 aromatic heterocycles. The van der Waals surface area contributed by atoms with Crippen LogP contribution < -0.4 is 0 Å². The van der Waals surface area contributed by atoms with Crippen LogP contribution in [0.25, 0.3) is 0 Å². The van der Waals surface area contributed by atoms with Crippen LogP contribution in [0.2, 0.25) is 0 Å². The fourth-order valence-corrected chi connectivity index (χ4v) is 2.86. The van der Waals surface area contributed by atoms with E-state index in [4.69, 9.17) is 16.3 Å². The quantitative estimate of drug-likeness (QED) is 0.619. The van der Waals surface area contributed by atoms with E-state index in [0.29, 0.717) is 5.88 Å². The molecule has 0 atom stereocenters. The minimum Gasteiger partial charge on any atom is -0.370 e. The van der Waals surface area contributed by atoms with E-state index in [1.165, 1.54) is 25.7 Å². The summed E-state index contributed by atoms with van der Waals surface area (Å²) in [7, 11) is 1.78. The predicted molar refractivity (Wildman–Crippen MR) is 72.7 cm³/mol. The van der Waals surface area contributed by atoms with Gasteiger partial charge in [-0.15, -0.1) is 11.6 Å². The van der Waals surface area contributed by atoms with Gasteiger partial charge in [-0.05, 0) is 25.8 Å². The fourth-order valence-electron chi connectivity index (χ4n) is 2.72. The van der Waals surface area contributed by atoms with Crippen LogP contribution in [0.15, 0.2) is 6.07 Å². The van der Waals surface area contributed by atoms with E-state index in [0.717, 1.165) is 30.1 Å². The number of rotatable bonds is 3. The van der Waals surface area contributed by atoms with Crippen molar-refractivity contribution in [2.24, 2.45) is 0 Å². The van der Waals surface area contributed by atoms with E-state index in [-0.39, 0.29) is 5.60 Å². The van der Waals surface area contributed by atoms with Crippen LogP contribution in [0.4, 0.5) is 0 Å². The first-order valence-electron chi connectivity index (χ1n) is 6.66. The van der Waals surface area contributed by atoms with Crippen molar-refractivity contribution in [3.8, 4) is 0 Å². The average molecular weight is 269 g/mol. The van der Waals surface area contributed by atoms with Crippen molar-refractivity contribution in [3.63, 3.8) is 0 Å². The first kappa shape index (κ1) is 13.8. The number of methoxy groups -OCH3 is 1. The highest BCUT2D eigenvalue weighted by molar-refractivity contribution is 6.16. The van der Waals surface area contributed by atoms with Gasteiger partial charge in [-0.2, -0.15) is 0 Å². The number of aryl methyl sites for hydroxylation is 1. The van der Waals surface area contributed by atoms with Crippen LogP contribution in [-0.2, 0) is 16.2 Å². The molecular formula is C14H21ClN2O. The Morgan fingerprint density at radius 1 is 1.22 bits per heavy atom. The van der Waals surface area contributed by atoms with Gasteiger partial charge in [0.25, 0.3) is 0 Å². The molecule has 1 fully saturated rings. The van der Waals surface area contributed by atoms with Crippen LogP contribution in [0.3, 0.4) is 0 Å². The summed E-state index contributed by atoms with van der Waals surface area (Å²) in [6.07, 6.45) is 6.94. The average Bonchev–Trinajstić information content (AvgIpc) is 2.64. The highest BCUT2D eigenvalue weighted by Crippen LogP contribution is 2.37. The normalized spacial score (nSPS) is 19.5. The van der Waals surface area contributed by atoms with E-state index in [2.05, 4.69) is 9.97 Å². The van der Waals surface area contributed by atoms with E-state index in [9.17, 15) is 0 Å². The number of hydrogen-bond acceptors (Lipinski definition) is 3. The molecule has 18 heavy (non-hydrogen) atoms. The zero-order chi connectivity index (χ0) is 13.0. The molecular weight excluding hydrogens is 248 g/mol. The Morgan fingerprint density at radius 3 is 2.44 bits per heavy atom. The molecule has 0 bridgehead atoms. The van der Waals surface area contributed by atoms with Crippen molar-refractivity contribution in [3.05, 3.63) is 23.3 Å². The lowest BCUT2D eigenvalue weighted by atomic mass is 9.93. The van der Waals surface area contributed by atoms with E-state index < -0.39 is 0 Å². The van der Waals surface area contributed by atoms with Crippen molar-refractivity contribution in [2.75, 3.05) is 7.11 Å². The first-order chi connectivity index (χ1) is 8.70. The highest BCUT2D eigenvalue weighted by atomic mass is 35.5. The zero-order valence-corrected chi connectivity index (χ0v) is 12.0. The number of nitrogens with zero attached hydrogens (tertiary/aromatic N) is 2. The number of hydrogen-bond donors (Lipinski definition) is 0. The zero-order valence-electron chi connectivity index (χ0n) is 11.2. The molecule has 0 saturated heterocycles. The molecule has 1 heterocycles. The summed E-state index contributed by atoms with van der Waals surface area (Å²) in [5.74, 6) is 1.25. The molecule has 3 nitrogen and oxygen atoms in total.